The van der Waals surface area contributed by atoms with Crippen LogP contribution in [0.3, 0.4) is 0 Å². The number of aliphatic hydroxyl groups excluding tert-OH is 1. The molecule has 0 aromatic heterocycles. The van der Waals surface area contributed by atoms with E-state index in [1.54, 1.807) is 4.90 Å². The van der Waals surface area contributed by atoms with E-state index in [-0.39, 0.29) is 37.0 Å². The van der Waals surface area contributed by atoms with Gasteiger partial charge < -0.3 is 44.3 Å². The second-order valence-corrected chi connectivity index (χ2v) is 9.32. The number of nitrogens with zero attached hydrogens (tertiary/aromatic N) is 1. The summed E-state index contributed by atoms with van der Waals surface area (Å²) in [7, 11) is 1.37. The van der Waals surface area contributed by atoms with Crippen LogP contribution in [-0.2, 0) is 23.7 Å². The number of morpholine rings is 1. The molecule has 36 heavy (non-hydrogen) atoms. The molecular formula is C25H39N3O8. The van der Waals surface area contributed by atoms with Crippen LogP contribution in [0, 0.1) is 0 Å². The van der Waals surface area contributed by atoms with Gasteiger partial charge in [0, 0.05) is 38.6 Å². The van der Waals surface area contributed by atoms with E-state index in [4.69, 9.17) is 23.7 Å². The van der Waals surface area contributed by atoms with Crippen molar-refractivity contribution in [1.82, 2.24) is 15.5 Å². The number of esters is 1. The van der Waals surface area contributed by atoms with Crippen molar-refractivity contribution in [2.75, 3.05) is 66.3 Å². The zero-order valence-electron chi connectivity index (χ0n) is 21.4. The van der Waals surface area contributed by atoms with Crippen molar-refractivity contribution in [2.24, 2.45) is 0 Å². The SMILES string of the molecule is COC(=O)C[C@@H](c1ccc(OC[C@@H](O)CNCCNC(=O)N2CCOCC2)cc1)[C@H]1COC(C)(C)O1. The zero-order chi connectivity index (χ0) is 26.0. The number of ether oxygens (including phenoxy) is 5. The van der Waals surface area contributed by atoms with Crippen molar-refractivity contribution >= 4 is 12.0 Å². The first-order valence-corrected chi connectivity index (χ1v) is 12.4. The van der Waals surface area contributed by atoms with E-state index in [2.05, 4.69) is 10.6 Å². The lowest BCUT2D eigenvalue weighted by Gasteiger charge is -2.27. The number of benzene rings is 1. The summed E-state index contributed by atoms with van der Waals surface area (Å²) >= 11 is 0. The predicted octanol–water partition coefficient (Wildman–Crippen LogP) is 0.856. The minimum absolute atomic E-state index is 0.100. The molecule has 3 N–H and O–H groups in total. The molecule has 11 heteroatoms. The fraction of sp³-hybridized carbons (Fsp3) is 0.680. The number of carbonyl (C=O) groups excluding carboxylic acids is 2. The average molecular weight is 510 g/mol. The molecule has 0 spiro atoms. The molecule has 1 aromatic rings. The topological polar surface area (TPSA) is 128 Å². The fourth-order valence-electron chi connectivity index (χ4n) is 4.11. The number of urea groups is 1. The third kappa shape index (κ3) is 8.90. The molecule has 0 unspecified atom stereocenters. The van der Waals surface area contributed by atoms with Gasteiger partial charge in [0.25, 0.3) is 0 Å². The number of nitrogens with one attached hydrogen (secondary N) is 2. The number of aliphatic hydroxyl groups is 1. The normalized spacial score (nSPS) is 21.0. The Bertz CT molecular complexity index is 829. The van der Waals surface area contributed by atoms with Crippen LogP contribution in [0.4, 0.5) is 4.79 Å². The van der Waals surface area contributed by atoms with Gasteiger partial charge in [0.1, 0.15) is 18.5 Å². The Labute approximate surface area is 212 Å². The van der Waals surface area contributed by atoms with Gasteiger partial charge in [0.05, 0.1) is 39.5 Å². The third-order valence-corrected chi connectivity index (χ3v) is 6.10. The van der Waals surface area contributed by atoms with Crippen LogP contribution in [0.15, 0.2) is 24.3 Å². The van der Waals surface area contributed by atoms with E-state index in [0.717, 1.165) is 5.56 Å². The smallest absolute Gasteiger partial charge is 0.317 e. The molecule has 2 heterocycles. The van der Waals surface area contributed by atoms with Crippen LogP contribution in [0.1, 0.15) is 31.7 Å². The standard InChI is InChI=1S/C25H39N3O8/c1-25(2)35-17-22(36-25)21(14-23(30)32-3)18-4-6-20(7-5-18)34-16-19(29)15-26-8-9-27-24(31)28-10-12-33-13-11-28/h4-7,19,21-22,26,29H,8-17H2,1-3H3,(H,27,31)/t19-,21-,22+/m0/s1. The van der Waals surface area contributed by atoms with Gasteiger partial charge in [-0.2, -0.15) is 0 Å². The first kappa shape index (κ1) is 28.1. The van der Waals surface area contributed by atoms with Crippen molar-refractivity contribution in [1.29, 1.82) is 0 Å². The summed E-state index contributed by atoms with van der Waals surface area (Å²) in [6.07, 6.45) is -0.798. The number of hydrogen-bond donors (Lipinski definition) is 3. The highest BCUT2D eigenvalue weighted by molar-refractivity contribution is 5.74. The quantitative estimate of drug-likeness (QED) is 0.278. The zero-order valence-corrected chi connectivity index (χ0v) is 21.4. The van der Waals surface area contributed by atoms with Gasteiger partial charge in [0.2, 0.25) is 0 Å². The van der Waals surface area contributed by atoms with Crippen LogP contribution >= 0.6 is 0 Å². The van der Waals surface area contributed by atoms with E-state index in [1.165, 1.54) is 7.11 Å². The molecule has 0 bridgehead atoms. The summed E-state index contributed by atoms with van der Waals surface area (Å²) < 4.78 is 27.5. The fourth-order valence-corrected chi connectivity index (χ4v) is 4.11. The number of carbonyl (C=O) groups is 2. The number of methoxy groups -OCH3 is 1. The molecular weight excluding hydrogens is 470 g/mol. The summed E-state index contributed by atoms with van der Waals surface area (Å²) in [6, 6.07) is 7.29. The third-order valence-electron chi connectivity index (χ3n) is 6.10. The highest BCUT2D eigenvalue weighted by Crippen LogP contribution is 2.35. The summed E-state index contributed by atoms with van der Waals surface area (Å²) in [6.45, 7) is 7.87. The molecule has 0 saturated carbocycles. The van der Waals surface area contributed by atoms with Crippen LogP contribution in [-0.4, -0.2) is 106 Å². The Balaban J connectivity index is 1.38. The van der Waals surface area contributed by atoms with Crippen LogP contribution in [0.2, 0.25) is 0 Å². The molecule has 2 aliphatic heterocycles. The monoisotopic (exact) mass is 509 g/mol. The first-order chi connectivity index (χ1) is 17.3. The Hall–Kier alpha value is -2.44. The van der Waals surface area contributed by atoms with Crippen molar-refractivity contribution in [2.45, 2.75) is 44.2 Å². The minimum atomic E-state index is -0.710. The molecule has 0 radical (unpaired) electrons. The van der Waals surface area contributed by atoms with Gasteiger partial charge in [-0.3, -0.25) is 4.79 Å². The maximum atomic E-state index is 12.0. The van der Waals surface area contributed by atoms with Crippen LogP contribution in [0.5, 0.6) is 5.75 Å². The molecule has 2 saturated heterocycles. The predicted molar refractivity (Wildman–Crippen MR) is 131 cm³/mol. The molecule has 2 aliphatic rings. The second-order valence-electron chi connectivity index (χ2n) is 9.32. The Kier molecular flexibility index (Phi) is 10.7. The first-order valence-electron chi connectivity index (χ1n) is 12.4. The van der Waals surface area contributed by atoms with E-state index in [1.807, 2.05) is 38.1 Å². The van der Waals surface area contributed by atoms with Crippen molar-refractivity contribution in [3.63, 3.8) is 0 Å². The maximum absolute atomic E-state index is 12.0. The molecule has 2 amide bonds. The second kappa shape index (κ2) is 13.8. The van der Waals surface area contributed by atoms with Crippen LogP contribution < -0.4 is 15.4 Å². The summed E-state index contributed by atoms with van der Waals surface area (Å²) in [5.41, 5.74) is 0.917. The number of hydrogen-bond acceptors (Lipinski definition) is 9. The Morgan fingerprint density at radius 3 is 2.56 bits per heavy atom. The lowest BCUT2D eigenvalue weighted by atomic mass is 9.90. The molecule has 3 atom stereocenters. The number of amides is 2. The van der Waals surface area contributed by atoms with Crippen molar-refractivity contribution in [3.05, 3.63) is 29.8 Å². The van der Waals surface area contributed by atoms with E-state index >= 15 is 0 Å². The molecule has 11 nitrogen and oxygen atoms in total. The molecule has 1 aromatic carbocycles. The van der Waals surface area contributed by atoms with E-state index in [0.29, 0.717) is 58.3 Å². The van der Waals surface area contributed by atoms with Crippen molar-refractivity contribution < 1.29 is 38.4 Å². The summed E-state index contributed by atoms with van der Waals surface area (Å²) in [5.74, 6) is -0.617. The van der Waals surface area contributed by atoms with E-state index in [9.17, 15) is 14.7 Å². The largest absolute Gasteiger partial charge is 0.491 e. The number of rotatable bonds is 12. The minimum Gasteiger partial charge on any atom is -0.491 e. The van der Waals surface area contributed by atoms with Crippen LogP contribution in [0.25, 0.3) is 0 Å². The van der Waals surface area contributed by atoms with Gasteiger partial charge in [-0.05, 0) is 31.5 Å². The van der Waals surface area contributed by atoms with Crippen molar-refractivity contribution in [3.8, 4) is 5.75 Å². The van der Waals surface area contributed by atoms with Gasteiger partial charge >= 0.3 is 12.0 Å². The Morgan fingerprint density at radius 2 is 1.92 bits per heavy atom. The molecule has 2 fully saturated rings. The lowest BCUT2D eigenvalue weighted by Crippen LogP contribution is -2.47. The Morgan fingerprint density at radius 1 is 1.19 bits per heavy atom. The van der Waals surface area contributed by atoms with E-state index < -0.39 is 11.9 Å². The lowest BCUT2D eigenvalue weighted by molar-refractivity contribution is -0.148. The molecule has 3 rings (SSSR count). The molecule has 0 aliphatic carbocycles. The van der Waals surface area contributed by atoms with Gasteiger partial charge in [-0.1, -0.05) is 12.1 Å². The van der Waals surface area contributed by atoms with Gasteiger partial charge in [0.15, 0.2) is 5.79 Å². The maximum Gasteiger partial charge on any atom is 0.317 e. The summed E-state index contributed by atoms with van der Waals surface area (Å²) in [5, 5.41) is 16.2. The summed E-state index contributed by atoms with van der Waals surface area (Å²) in [4.78, 5) is 25.7. The highest BCUT2D eigenvalue weighted by atomic mass is 16.7. The average Bonchev–Trinajstić information content (AvgIpc) is 3.25. The van der Waals surface area contributed by atoms with Gasteiger partial charge in [-0.25, -0.2) is 4.79 Å². The molecule has 202 valence electrons. The highest BCUT2D eigenvalue weighted by Gasteiger charge is 2.39. The van der Waals surface area contributed by atoms with Gasteiger partial charge in [-0.15, -0.1) is 0 Å².